The third-order valence-electron chi connectivity index (χ3n) is 4.68. The van der Waals surface area contributed by atoms with Crippen molar-refractivity contribution in [3.63, 3.8) is 0 Å². The van der Waals surface area contributed by atoms with Gasteiger partial charge in [-0.05, 0) is 31.7 Å². The Morgan fingerprint density at radius 2 is 1.90 bits per heavy atom. The van der Waals surface area contributed by atoms with Crippen molar-refractivity contribution in [1.82, 2.24) is 9.80 Å². The van der Waals surface area contributed by atoms with Gasteiger partial charge in [0.2, 0.25) is 5.91 Å². The van der Waals surface area contributed by atoms with Crippen molar-refractivity contribution in [2.45, 2.75) is 52.5 Å². The highest BCUT2D eigenvalue weighted by molar-refractivity contribution is 5.93. The van der Waals surface area contributed by atoms with Crippen molar-refractivity contribution in [2.24, 2.45) is 11.8 Å². The first-order chi connectivity index (χ1) is 9.36. The van der Waals surface area contributed by atoms with E-state index in [1.165, 1.54) is 0 Å². The maximum Gasteiger partial charge on any atom is 0.243 e. The molecule has 2 aliphatic heterocycles. The molecule has 0 saturated carbocycles. The topological polar surface area (TPSA) is 40.6 Å². The zero-order valence-corrected chi connectivity index (χ0v) is 13.3. The van der Waals surface area contributed by atoms with Crippen LogP contribution in [0.4, 0.5) is 0 Å². The third kappa shape index (κ3) is 2.76. The van der Waals surface area contributed by atoms with Crippen LogP contribution < -0.4 is 0 Å². The highest BCUT2D eigenvalue weighted by Crippen LogP contribution is 2.39. The normalized spacial score (nSPS) is 27.5. The molecule has 2 aliphatic rings. The number of amides is 1. The number of carbonyl (C=O) groups is 2. The molecule has 1 spiro atoms. The van der Waals surface area contributed by atoms with Crippen molar-refractivity contribution < 1.29 is 9.59 Å². The maximum absolute atomic E-state index is 12.8. The van der Waals surface area contributed by atoms with E-state index in [-0.39, 0.29) is 23.1 Å². The molecule has 0 aromatic rings. The number of hydrogen-bond donors (Lipinski definition) is 0. The summed E-state index contributed by atoms with van der Waals surface area (Å²) >= 11 is 0. The lowest BCUT2D eigenvalue weighted by atomic mass is 9.93. The Kier molecular flexibility index (Phi) is 4.52. The summed E-state index contributed by atoms with van der Waals surface area (Å²) in [4.78, 5) is 28.9. The summed E-state index contributed by atoms with van der Waals surface area (Å²) in [7, 11) is 0. The average molecular weight is 280 g/mol. The van der Waals surface area contributed by atoms with Crippen LogP contribution in [0.25, 0.3) is 0 Å². The summed E-state index contributed by atoms with van der Waals surface area (Å²) in [5.74, 6) is 0.951. The Morgan fingerprint density at radius 3 is 2.50 bits per heavy atom. The van der Waals surface area contributed by atoms with Gasteiger partial charge in [0.25, 0.3) is 0 Å². The lowest BCUT2D eigenvalue weighted by Gasteiger charge is -2.34. The molecule has 0 radical (unpaired) electrons. The highest BCUT2D eigenvalue weighted by Gasteiger charge is 2.53. The first-order valence-corrected chi connectivity index (χ1v) is 7.94. The number of likely N-dealkylation sites (tertiary alicyclic amines) is 2. The molecular weight excluding hydrogens is 252 g/mol. The molecule has 2 rings (SSSR count). The van der Waals surface area contributed by atoms with Gasteiger partial charge in [-0.15, -0.1) is 0 Å². The molecule has 2 fully saturated rings. The lowest BCUT2D eigenvalue weighted by molar-refractivity contribution is -0.140. The Bertz CT molecular complexity index is 392. The third-order valence-corrected chi connectivity index (χ3v) is 4.68. The van der Waals surface area contributed by atoms with E-state index in [0.717, 1.165) is 38.9 Å². The SMILES string of the molecule is CC(C)CN1CCCC12CCN(CC(=O)C(C)C)C2=O. The van der Waals surface area contributed by atoms with Crippen LogP contribution in [0, 0.1) is 11.8 Å². The highest BCUT2D eigenvalue weighted by atomic mass is 16.2. The number of hydrogen-bond acceptors (Lipinski definition) is 3. The predicted molar refractivity (Wildman–Crippen MR) is 79.4 cm³/mol. The van der Waals surface area contributed by atoms with Crippen molar-refractivity contribution >= 4 is 11.7 Å². The van der Waals surface area contributed by atoms with Crippen molar-refractivity contribution in [3.05, 3.63) is 0 Å². The van der Waals surface area contributed by atoms with Crippen LogP contribution in [0.3, 0.4) is 0 Å². The molecule has 4 heteroatoms. The minimum absolute atomic E-state index is 0.00898. The van der Waals surface area contributed by atoms with E-state index in [0.29, 0.717) is 12.5 Å². The van der Waals surface area contributed by atoms with Gasteiger partial charge in [-0.3, -0.25) is 14.5 Å². The minimum atomic E-state index is -0.290. The van der Waals surface area contributed by atoms with E-state index >= 15 is 0 Å². The smallest absolute Gasteiger partial charge is 0.243 e. The first kappa shape index (κ1) is 15.5. The van der Waals surface area contributed by atoms with Gasteiger partial charge in [-0.1, -0.05) is 27.7 Å². The summed E-state index contributed by atoms with van der Waals surface area (Å²) in [6.07, 6.45) is 2.96. The Hall–Kier alpha value is -0.900. The lowest BCUT2D eigenvalue weighted by Crippen LogP contribution is -2.52. The van der Waals surface area contributed by atoms with Crippen LogP contribution in [0.5, 0.6) is 0 Å². The van der Waals surface area contributed by atoms with Crippen LogP contribution in [0.15, 0.2) is 0 Å². The number of Topliss-reactive ketones (excluding diaryl/α,β-unsaturated/α-hetero) is 1. The molecule has 2 saturated heterocycles. The summed E-state index contributed by atoms with van der Waals surface area (Å²) in [6.45, 7) is 11.3. The second-order valence-corrected chi connectivity index (χ2v) is 7.07. The molecule has 114 valence electrons. The molecule has 0 N–H and O–H groups in total. The summed E-state index contributed by atoms with van der Waals surface area (Å²) in [6, 6.07) is 0. The molecule has 0 aliphatic carbocycles. The van der Waals surface area contributed by atoms with Crippen LogP contribution in [-0.2, 0) is 9.59 Å². The van der Waals surface area contributed by atoms with Crippen molar-refractivity contribution in [2.75, 3.05) is 26.2 Å². The van der Waals surface area contributed by atoms with Crippen LogP contribution >= 0.6 is 0 Å². The van der Waals surface area contributed by atoms with E-state index < -0.39 is 0 Å². The van der Waals surface area contributed by atoms with Crippen LogP contribution in [0.1, 0.15) is 47.0 Å². The number of carbonyl (C=O) groups excluding carboxylic acids is 2. The van der Waals surface area contributed by atoms with Gasteiger partial charge in [0.1, 0.15) is 5.54 Å². The molecule has 4 nitrogen and oxygen atoms in total. The van der Waals surface area contributed by atoms with Gasteiger partial charge in [0.05, 0.1) is 6.54 Å². The molecule has 0 aromatic carbocycles. The Labute approximate surface area is 122 Å². The Balaban J connectivity index is 2.07. The standard InChI is InChI=1S/C16H28N2O2/c1-12(2)10-18-8-5-6-16(18)7-9-17(15(16)20)11-14(19)13(3)4/h12-13H,5-11H2,1-4H3. The van der Waals surface area contributed by atoms with E-state index in [2.05, 4.69) is 18.7 Å². The number of nitrogens with zero attached hydrogens (tertiary/aromatic N) is 2. The Morgan fingerprint density at radius 1 is 1.20 bits per heavy atom. The minimum Gasteiger partial charge on any atom is -0.334 e. The summed E-state index contributed by atoms with van der Waals surface area (Å²) < 4.78 is 0. The zero-order valence-electron chi connectivity index (χ0n) is 13.3. The molecule has 0 aromatic heterocycles. The number of ketones is 1. The quantitative estimate of drug-likeness (QED) is 0.772. The van der Waals surface area contributed by atoms with E-state index in [1.54, 1.807) is 4.90 Å². The monoisotopic (exact) mass is 280 g/mol. The second-order valence-electron chi connectivity index (χ2n) is 7.07. The maximum atomic E-state index is 12.8. The zero-order chi connectivity index (χ0) is 14.9. The number of rotatable bonds is 5. The van der Waals surface area contributed by atoms with Crippen molar-refractivity contribution in [1.29, 1.82) is 0 Å². The van der Waals surface area contributed by atoms with Gasteiger partial charge in [0.15, 0.2) is 5.78 Å². The predicted octanol–water partition coefficient (Wildman–Crippen LogP) is 1.93. The fraction of sp³-hybridized carbons (Fsp3) is 0.875. The van der Waals surface area contributed by atoms with Crippen molar-refractivity contribution in [3.8, 4) is 0 Å². The van der Waals surface area contributed by atoms with Crippen LogP contribution in [-0.4, -0.2) is 53.2 Å². The summed E-state index contributed by atoms with van der Waals surface area (Å²) in [5, 5.41) is 0. The van der Waals surface area contributed by atoms with Crippen LogP contribution in [0.2, 0.25) is 0 Å². The van der Waals surface area contributed by atoms with Gasteiger partial charge in [-0.25, -0.2) is 0 Å². The molecule has 1 amide bonds. The van der Waals surface area contributed by atoms with E-state index in [4.69, 9.17) is 0 Å². The van der Waals surface area contributed by atoms with Gasteiger partial charge >= 0.3 is 0 Å². The summed E-state index contributed by atoms with van der Waals surface area (Å²) in [5.41, 5.74) is -0.290. The average Bonchev–Trinajstić information content (AvgIpc) is 2.89. The first-order valence-electron chi connectivity index (χ1n) is 7.94. The molecule has 0 bridgehead atoms. The molecule has 2 heterocycles. The molecule has 1 atom stereocenters. The molecule has 20 heavy (non-hydrogen) atoms. The van der Waals surface area contributed by atoms with Gasteiger partial charge in [-0.2, -0.15) is 0 Å². The van der Waals surface area contributed by atoms with Gasteiger partial charge in [0, 0.05) is 19.0 Å². The van der Waals surface area contributed by atoms with Gasteiger partial charge < -0.3 is 4.90 Å². The molecular formula is C16H28N2O2. The second kappa shape index (κ2) is 5.84. The molecule has 1 unspecified atom stereocenters. The fourth-order valence-electron chi connectivity index (χ4n) is 3.51. The fourth-order valence-corrected chi connectivity index (χ4v) is 3.51. The van der Waals surface area contributed by atoms with E-state index in [9.17, 15) is 9.59 Å². The largest absolute Gasteiger partial charge is 0.334 e. The van der Waals surface area contributed by atoms with E-state index in [1.807, 2.05) is 13.8 Å².